The normalized spacial score (nSPS) is 23.7. The third kappa shape index (κ3) is 2.76. The predicted molar refractivity (Wildman–Crippen MR) is 85.3 cm³/mol. The number of nitrogens with one attached hydrogen (secondary N) is 1. The SMILES string of the molecule is CCOc1cc2c(c3c1CCNC3CC(C)C)OC(C)C2. The fourth-order valence-corrected chi connectivity index (χ4v) is 3.65. The Morgan fingerprint density at radius 2 is 2.24 bits per heavy atom. The summed E-state index contributed by atoms with van der Waals surface area (Å²) in [7, 11) is 0. The minimum atomic E-state index is 0.280. The molecular formula is C18H27NO2. The van der Waals surface area contributed by atoms with Crippen molar-refractivity contribution in [1.29, 1.82) is 0 Å². The number of hydrogen-bond acceptors (Lipinski definition) is 3. The van der Waals surface area contributed by atoms with E-state index in [4.69, 9.17) is 9.47 Å². The molecule has 2 atom stereocenters. The molecule has 1 aromatic carbocycles. The largest absolute Gasteiger partial charge is 0.494 e. The molecule has 1 aromatic rings. The molecule has 3 heteroatoms. The Morgan fingerprint density at radius 3 is 2.95 bits per heavy atom. The van der Waals surface area contributed by atoms with Gasteiger partial charge >= 0.3 is 0 Å². The molecule has 0 aliphatic carbocycles. The van der Waals surface area contributed by atoms with Gasteiger partial charge in [0.2, 0.25) is 0 Å². The summed E-state index contributed by atoms with van der Waals surface area (Å²) in [5.41, 5.74) is 4.07. The van der Waals surface area contributed by atoms with Gasteiger partial charge in [-0.05, 0) is 45.2 Å². The molecule has 0 radical (unpaired) electrons. The van der Waals surface area contributed by atoms with Crippen LogP contribution in [-0.2, 0) is 12.8 Å². The van der Waals surface area contributed by atoms with E-state index in [1.165, 1.54) is 16.7 Å². The lowest BCUT2D eigenvalue weighted by Gasteiger charge is -2.31. The van der Waals surface area contributed by atoms with Crippen LogP contribution in [0.25, 0.3) is 0 Å². The molecular weight excluding hydrogens is 262 g/mol. The summed E-state index contributed by atoms with van der Waals surface area (Å²) in [6.45, 7) is 10.5. The number of hydrogen-bond donors (Lipinski definition) is 1. The van der Waals surface area contributed by atoms with Crippen molar-refractivity contribution in [3.05, 3.63) is 22.8 Å². The molecule has 2 unspecified atom stereocenters. The van der Waals surface area contributed by atoms with Crippen LogP contribution in [0, 0.1) is 5.92 Å². The van der Waals surface area contributed by atoms with Gasteiger partial charge in [0, 0.05) is 29.2 Å². The van der Waals surface area contributed by atoms with Gasteiger partial charge in [0.15, 0.2) is 0 Å². The zero-order chi connectivity index (χ0) is 15.0. The van der Waals surface area contributed by atoms with Crippen LogP contribution >= 0.6 is 0 Å². The Labute approximate surface area is 128 Å². The van der Waals surface area contributed by atoms with E-state index in [0.29, 0.717) is 12.0 Å². The molecule has 21 heavy (non-hydrogen) atoms. The highest BCUT2D eigenvalue weighted by Gasteiger charge is 2.33. The van der Waals surface area contributed by atoms with Gasteiger partial charge in [0.1, 0.15) is 17.6 Å². The van der Waals surface area contributed by atoms with Gasteiger partial charge < -0.3 is 14.8 Å². The van der Waals surface area contributed by atoms with Crippen molar-refractivity contribution in [3.8, 4) is 11.5 Å². The predicted octanol–water partition coefficient (Wildman–Crippen LogP) is 3.64. The van der Waals surface area contributed by atoms with Crippen LogP contribution in [0.2, 0.25) is 0 Å². The number of fused-ring (bicyclic) bond motifs is 3. The summed E-state index contributed by atoms with van der Waals surface area (Å²) in [5.74, 6) is 2.89. The summed E-state index contributed by atoms with van der Waals surface area (Å²) in [5, 5.41) is 3.68. The fraction of sp³-hybridized carbons (Fsp3) is 0.667. The third-order valence-electron chi connectivity index (χ3n) is 4.41. The van der Waals surface area contributed by atoms with E-state index < -0.39 is 0 Å². The molecule has 0 amide bonds. The summed E-state index contributed by atoms with van der Waals surface area (Å²) < 4.78 is 12.1. The molecule has 0 saturated heterocycles. The highest BCUT2D eigenvalue weighted by Crippen LogP contribution is 2.45. The van der Waals surface area contributed by atoms with Crippen molar-refractivity contribution >= 4 is 0 Å². The number of rotatable bonds is 4. The first-order valence-electron chi connectivity index (χ1n) is 8.31. The van der Waals surface area contributed by atoms with Crippen molar-refractivity contribution in [2.75, 3.05) is 13.2 Å². The van der Waals surface area contributed by atoms with Crippen LogP contribution in [0.5, 0.6) is 11.5 Å². The van der Waals surface area contributed by atoms with E-state index in [2.05, 4.69) is 39.1 Å². The van der Waals surface area contributed by atoms with Crippen LogP contribution in [0.4, 0.5) is 0 Å². The zero-order valence-electron chi connectivity index (χ0n) is 13.7. The van der Waals surface area contributed by atoms with Gasteiger partial charge in [-0.15, -0.1) is 0 Å². The first-order chi connectivity index (χ1) is 10.1. The van der Waals surface area contributed by atoms with Crippen LogP contribution < -0.4 is 14.8 Å². The summed E-state index contributed by atoms with van der Waals surface area (Å²) in [6.07, 6.45) is 3.45. The van der Waals surface area contributed by atoms with E-state index >= 15 is 0 Å². The molecule has 1 N–H and O–H groups in total. The molecule has 116 valence electrons. The molecule has 0 aromatic heterocycles. The highest BCUT2D eigenvalue weighted by atomic mass is 16.5. The average molecular weight is 289 g/mol. The van der Waals surface area contributed by atoms with E-state index in [1.807, 2.05) is 0 Å². The fourth-order valence-electron chi connectivity index (χ4n) is 3.65. The Morgan fingerprint density at radius 1 is 1.43 bits per heavy atom. The maximum absolute atomic E-state index is 6.15. The monoisotopic (exact) mass is 289 g/mol. The molecule has 3 rings (SSSR count). The molecule has 2 aliphatic heterocycles. The lowest BCUT2D eigenvalue weighted by atomic mass is 9.86. The minimum Gasteiger partial charge on any atom is -0.494 e. The number of ether oxygens (including phenoxy) is 2. The first-order valence-corrected chi connectivity index (χ1v) is 8.31. The Balaban J connectivity index is 2.08. The Bertz CT molecular complexity index is 524. The maximum atomic E-state index is 6.15. The quantitative estimate of drug-likeness (QED) is 0.918. The maximum Gasteiger partial charge on any atom is 0.128 e. The molecule has 0 fully saturated rings. The molecule has 2 aliphatic rings. The smallest absolute Gasteiger partial charge is 0.128 e. The van der Waals surface area contributed by atoms with Gasteiger partial charge in [0.25, 0.3) is 0 Å². The lowest BCUT2D eigenvalue weighted by Crippen LogP contribution is -2.31. The van der Waals surface area contributed by atoms with E-state index in [9.17, 15) is 0 Å². The molecule has 0 saturated carbocycles. The summed E-state index contributed by atoms with van der Waals surface area (Å²) in [4.78, 5) is 0. The molecule has 2 heterocycles. The van der Waals surface area contributed by atoms with Crippen molar-refractivity contribution in [2.24, 2.45) is 5.92 Å². The van der Waals surface area contributed by atoms with Crippen molar-refractivity contribution in [1.82, 2.24) is 5.32 Å². The van der Waals surface area contributed by atoms with Gasteiger partial charge in [-0.2, -0.15) is 0 Å². The molecule has 3 nitrogen and oxygen atoms in total. The topological polar surface area (TPSA) is 30.5 Å². The van der Waals surface area contributed by atoms with Gasteiger partial charge in [0.05, 0.1) is 6.61 Å². The second-order valence-electron chi connectivity index (χ2n) is 6.71. The van der Waals surface area contributed by atoms with E-state index in [-0.39, 0.29) is 6.10 Å². The van der Waals surface area contributed by atoms with E-state index in [0.717, 1.165) is 43.9 Å². The summed E-state index contributed by atoms with van der Waals surface area (Å²) >= 11 is 0. The standard InChI is InChI=1S/C18H27NO2/c1-5-20-16-10-13-9-12(4)21-18(13)17-14(16)6-7-19-15(17)8-11(2)3/h10-12,15,19H,5-9H2,1-4H3. The van der Waals surface area contributed by atoms with Crippen LogP contribution in [0.15, 0.2) is 6.07 Å². The second kappa shape index (κ2) is 5.88. The first kappa shape index (κ1) is 14.7. The molecule has 0 bridgehead atoms. The van der Waals surface area contributed by atoms with Gasteiger partial charge in [-0.1, -0.05) is 13.8 Å². The van der Waals surface area contributed by atoms with Crippen LogP contribution in [0.3, 0.4) is 0 Å². The second-order valence-corrected chi connectivity index (χ2v) is 6.71. The summed E-state index contributed by atoms with van der Waals surface area (Å²) in [6, 6.07) is 2.62. The number of benzene rings is 1. The third-order valence-corrected chi connectivity index (χ3v) is 4.41. The average Bonchev–Trinajstić information content (AvgIpc) is 2.79. The van der Waals surface area contributed by atoms with Crippen LogP contribution in [-0.4, -0.2) is 19.3 Å². The Kier molecular flexibility index (Phi) is 4.12. The Hall–Kier alpha value is -1.22. The van der Waals surface area contributed by atoms with Gasteiger partial charge in [-0.25, -0.2) is 0 Å². The lowest BCUT2D eigenvalue weighted by molar-refractivity contribution is 0.247. The zero-order valence-corrected chi connectivity index (χ0v) is 13.7. The molecule has 0 spiro atoms. The van der Waals surface area contributed by atoms with Gasteiger partial charge in [-0.3, -0.25) is 0 Å². The van der Waals surface area contributed by atoms with Crippen molar-refractivity contribution in [3.63, 3.8) is 0 Å². The minimum absolute atomic E-state index is 0.280. The van der Waals surface area contributed by atoms with Crippen LogP contribution in [0.1, 0.15) is 56.8 Å². The highest BCUT2D eigenvalue weighted by molar-refractivity contribution is 5.58. The van der Waals surface area contributed by atoms with Crippen molar-refractivity contribution in [2.45, 2.75) is 59.1 Å². The van der Waals surface area contributed by atoms with E-state index in [1.54, 1.807) is 0 Å². The van der Waals surface area contributed by atoms with Crippen molar-refractivity contribution < 1.29 is 9.47 Å².